The van der Waals surface area contributed by atoms with Gasteiger partial charge in [-0.1, -0.05) is 29.3 Å². The second-order valence-electron chi connectivity index (χ2n) is 4.73. The van der Waals surface area contributed by atoms with E-state index in [0.29, 0.717) is 5.58 Å². The van der Waals surface area contributed by atoms with Crippen LogP contribution in [0.2, 0.25) is 5.02 Å². The Labute approximate surface area is 120 Å². The molecule has 0 spiro atoms. The van der Waals surface area contributed by atoms with Crippen LogP contribution < -0.4 is 0 Å². The molecule has 0 bridgehead atoms. The van der Waals surface area contributed by atoms with Crippen LogP contribution in [-0.4, -0.2) is 5.11 Å². The number of benzene rings is 2. The first-order valence-electron chi connectivity index (χ1n) is 6.18. The van der Waals surface area contributed by atoms with Gasteiger partial charge in [0.15, 0.2) is 0 Å². The van der Waals surface area contributed by atoms with Gasteiger partial charge in [0.25, 0.3) is 0 Å². The van der Waals surface area contributed by atoms with Gasteiger partial charge < -0.3 is 9.52 Å². The van der Waals surface area contributed by atoms with E-state index in [-0.39, 0.29) is 16.3 Å². The molecule has 1 atom stereocenters. The lowest BCUT2D eigenvalue weighted by Gasteiger charge is -2.10. The fourth-order valence-corrected chi connectivity index (χ4v) is 2.50. The smallest absolute Gasteiger partial charge is 0.141 e. The lowest BCUT2D eigenvalue weighted by atomic mass is 10.1. The zero-order chi connectivity index (χ0) is 14.3. The summed E-state index contributed by atoms with van der Waals surface area (Å²) in [5.41, 5.74) is 1.77. The van der Waals surface area contributed by atoms with Crippen LogP contribution in [0.3, 0.4) is 0 Å². The van der Waals surface area contributed by atoms with Crippen molar-refractivity contribution in [2.24, 2.45) is 0 Å². The third-order valence-corrected chi connectivity index (χ3v) is 3.56. The summed E-state index contributed by atoms with van der Waals surface area (Å²) in [5.74, 6) is -0.278. The molecular formula is C16H12ClFO2. The average molecular weight is 291 g/mol. The van der Waals surface area contributed by atoms with E-state index in [2.05, 4.69) is 0 Å². The van der Waals surface area contributed by atoms with E-state index in [0.717, 1.165) is 10.9 Å². The molecule has 20 heavy (non-hydrogen) atoms. The van der Waals surface area contributed by atoms with E-state index in [1.807, 2.05) is 25.1 Å². The van der Waals surface area contributed by atoms with Crippen molar-refractivity contribution in [1.29, 1.82) is 0 Å². The molecule has 0 radical (unpaired) electrons. The number of hydrogen-bond donors (Lipinski definition) is 1. The Hall–Kier alpha value is -1.84. The minimum Gasteiger partial charge on any atom is -0.458 e. The van der Waals surface area contributed by atoms with Gasteiger partial charge in [0.05, 0.1) is 0 Å². The average Bonchev–Trinajstić information content (AvgIpc) is 2.81. The highest BCUT2D eigenvalue weighted by atomic mass is 35.5. The maximum absolute atomic E-state index is 13.8. The van der Waals surface area contributed by atoms with Crippen molar-refractivity contribution in [1.82, 2.24) is 0 Å². The van der Waals surface area contributed by atoms with E-state index in [1.54, 1.807) is 6.07 Å². The summed E-state index contributed by atoms with van der Waals surface area (Å²) < 4.78 is 19.4. The van der Waals surface area contributed by atoms with Crippen LogP contribution in [0.5, 0.6) is 0 Å². The Morgan fingerprint density at radius 2 is 2.00 bits per heavy atom. The highest BCUT2D eigenvalue weighted by Crippen LogP contribution is 2.33. The van der Waals surface area contributed by atoms with Crippen molar-refractivity contribution < 1.29 is 13.9 Å². The quantitative estimate of drug-likeness (QED) is 0.747. The zero-order valence-corrected chi connectivity index (χ0v) is 11.5. The minimum atomic E-state index is -1.23. The molecule has 3 aromatic rings. The van der Waals surface area contributed by atoms with Gasteiger partial charge >= 0.3 is 0 Å². The number of aliphatic hydroxyl groups is 1. The molecule has 0 saturated carbocycles. The van der Waals surface area contributed by atoms with E-state index in [4.69, 9.17) is 16.0 Å². The first kappa shape index (κ1) is 13.2. The standard InChI is InChI=1S/C16H12ClFO2/c1-9-5-6-13-10(7-9)8-14(20-13)16(19)15-11(17)3-2-4-12(15)18/h2-8,16,19H,1H3. The molecule has 0 fully saturated rings. The minimum absolute atomic E-state index is 0.0324. The van der Waals surface area contributed by atoms with Crippen molar-refractivity contribution in [3.63, 3.8) is 0 Å². The highest BCUT2D eigenvalue weighted by molar-refractivity contribution is 6.31. The number of rotatable bonds is 2. The molecule has 2 aromatic carbocycles. The van der Waals surface area contributed by atoms with Gasteiger partial charge in [0.2, 0.25) is 0 Å². The molecule has 4 heteroatoms. The molecule has 0 saturated heterocycles. The summed E-state index contributed by atoms with van der Waals surface area (Å²) in [6, 6.07) is 11.7. The van der Waals surface area contributed by atoms with Crippen molar-refractivity contribution in [2.75, 3.05) is 0 Å². The van der Waals surface area contributed by atoms with Crippen LogP contribution >= 0.6 is 11.6 Å². The highest BCUT2D eigenvalue weighted by Gasteiger charge is 2.21. The molecule has 0 aliphatic carbocycles. The normalized spacial score (nSPS) is 12.8. The summed E-state index contributed by atoms with van der Waals surface area (Å²) in [4.78, 5) is 0. The predicted molar refractivity (Wildman–Crippen MR) is 76.4 cm³/mol. The second kappa shape index (κ2) is 4.93. The van der Waals surface area contributed by atoms with Gasteiger partial charge in [-0.15, -0.1) is 0 Å². The first-order valence-corrected chi connectivity index (χ1v) is 6.56. The lowest BCUT2D eigenvalue weighted by Crippen LogP contribution is -2.02. The largest absolute Gasteiger partial charge is 0.458 e. The second-order valence-corrected chi connectivity index (χ2v) is 5.14. The molecule has 3 rings (SSSR count). The van der Waals surface area contributed by atoms with Gasteiger partial charge in [0.1, 0.15) is 23.3 Å². The predicted octanol–water partition coefficient (Wildman–Crippen LogP) is 4.62. The van der Waals surface area contributed by atoms with Crippen molar-refractivity contribution >= 4 is 22.6 Å². The third-order valence-electron chi connectivity index (χ3n) is 3.23. The van der Waals surface area contributed by atoms with Gasteiger partial charge in [0, 0.05) is 16.0 Å². The van der Waals surface area contributed by atoms with E-state index in [9.17, 15) is 9.50 Å². The molecule has 2 nitrogen and oxygen atoms in total. The Bertz CT molecular complexity index is 759. The molecule has 1 heterocycles. The van der Waals surface area contributed by atoms with E-state index >= 15 is 0 Å². The number of halogens is 2. The molecular weight excluding hydrogens is 279 g/mol. The Kier molecular flexibility index (Phi) is 3.24. The molecule has 1 N–H and O–H groups in total. The number of aliphatic hydroxyl groups excluding tert-OH is 1. The number of aryl methyl sites for hydroxylation is 1. The van der Waals surface area contributed by atoms with Crippen molar-refractivity contribution in [3.8, 4) is 0 Å². The van der Waals surface area contributed by atoms with Crippen LogP contribution in [0.4, 0.5) is 4.39 Å². The summed E-state index contributed by atoms with van der Waals surface area (Å²) in [6.45, 7) is 1.97. The summed E-state index contributed by atoms with van der Waals surface area (Å²) in [5, 5.41) is 11.3. The van der Waals surface area contributed by atoms with Crippen LogP contribution in [0.1, 0.15) is 23.0 Å². The van der Waals surface area contributed by atoms with Crippen LogP contribution in [0.25, 0.3) is 11.0 Å². The SMILES string of the molecule is Cc1ccc2oc(C(O)c3c(F)cccc3Cl)cc2c1. The molecule has 0 aliphatic rings. The number of hydrogen-bond acceptors (Lipinski definition) is 2. The van der Waals surface area contributed by atoms with Crippen LogP contribution in [0, 0.1) is 12.7 Å². The summed E-state index contributed by atoms with van der Waals surface area (Å²) >= 11 is 5.96. The Morgan fingerprint density at radius 1 is 1.20 bits per heavy atom. The molecule has 102 valence electrons. The van der Waals surface area contributed by atoms with Gasteiger partial charge in [-0.05, 0) is 37.3 Å². The van der Waals surface area contributed by atoms with Gasteiger partial charge in [-0.2, -0.15) is 0 Å². The zero-order valence-electron chi connectivity index (χ0n) is 10.7. The van der Waals surface area contributed by atoms with Crippen LogP contribution in [0.15, 0.2) is 46.9 Å². The maximum atomic E-state index is 13.8. The molecule has 0 amide bonds. The molecule has 1 unspecified atom stereocenters. The monoisotopic (exact) mass is 290 g/mol. The fourth-order valence-electron chi connectivity index (χ4n) is 2.23. The summed E-state index contributed by atoms with van der Waals surface area (Å²) in [6.07, 6.45) is -1.23. The lowest BCUT2D eigenvalue weighted by molar-refractivity contribution is 0.187. The number of furan rings is 1. The maximum Gasteiger partial charge on any atom is 0.141 e. The van der Waals surface area contributed by atoms with E-state index in [1.165, 1.54) is 18.2 Å². The topological polar surface area (TPSA) is 33.4 Å². The van der Waals surface area contributed by atoms with Crippen molar-refractivity contribution in [2.45, 2.75) is 13.0 Å². The molecule has 0 aliphatic heterocycles. The van der Waals surface area contributed by atoms with E-state index < -0.39 is 11.9 Å². The van der Waals surface area contributed by atoms with Gasteiger partial charge in [-0.25, -0.2) is 4.39 Å². The fraction of sp³-hybridized carbons (Fsp3) is 0.125. The summed E-state index contributed by atoms with van der Waals surface area (Å²) in [7, 11) is 0. The Morgan fingerprint density at radius 3 is 2.75 bits per heavy atom. The van der Waals surface area contributed by atoms with Crippen LogP contribution in [-0.2, 0) is 0 Å². The first-order chi connectivity index (χ1) is 9.56. The number of fused-ring (bicyclic) bond motifs is 1. The molecule has 1 aromatic heterocycles. The van der Waals surface area contributed by atoms with Gasteiger partial charge in [-0.3, -0.25) is 0 Å². The third kappa shape index (κ3) is 2.19. The Balaban J connectivity index is 2.10. The van der Waals surface area contributed by atoms with Crippen molar-refractivity contribution in [3.05, 3.63) is 70.2 Å².